The SMILES string of the molecule is CC(O)c1ccc(F)cc1OCCC(C)(C)C. The topological polar surface area (TPSA) is 29.5 Å². The molecule has 1 aromatic carbocycles. The molecule has 0 fully saturated rings. The Kier molecular flexibility index (Phi) is 4.52. The molecule has 2 nitrogen and oxygen atoms in total. The molecule has 0 aliphatic carbocycles. The zero-order valence-corrected chi connectivity index (χ0v) is 11.0. The van der Waals surface area contributed by atoms with Gasteiger partial charge in [0.2, 0.25) is 0 Å². The Morgan fingerprint density at radius 3 is 2.53 bits per heavy atom. The molecule has 1 aromatic rings. The second-order valence-electron chi connectivity index (χ2n) is 5.52. The van der Waals surface area contributed by atoms with E-state index >= 15 is 0 Å². The Balaban J connectivity index is 2.72. The summed E-state index contributed by atoms with van der Waals surface area (Å²) in [6.45, 7) is 8.53. The number of aliphatic hydroxyl groups excluding tert-OH is 1. The Morgan fingerprint density at radius 2 is 2.00 bits per heavy atom. The third-order valence-corrected chi connectivity index (χ3v) is 2.54. The van der Waals surface area contributed by atoms with Gasteiger partial charge in [-0.3, -0.25) is 0 Å². The number of ether oxygens (including phenoxy) is 1. The highest BCUT2D eigenvalue weighted by molar-refractivity contribution is 5.35. The molecule has 0 saturated heterocycles. The summed E-state index contributed by atoms with van der Waals surface area (Å²) in [5.74, 6) is 0.0874. The van der Waals surface area contributed by atoms with Crippen LogP contribution in [0.4, 0.5) is 4.39 Å². The first-order chi connectivity index (χ1) is 7.79. The van der Waals surface area contributed by atoms with E-state index in [4.69, 9.17) is 4.74 Å². The van der Waals surface area contributed by atoms with E-state index in [0.717, 1.165) is 6.42 Å². The first-order valence-electron chi connectivity index (χ1n) is 5.90. The van der Waals surface area contributed by atoms with E-state index in [1.54, 1.807) is 13.0 Å². The molecule has 0 bridgehead atoms. The van der Waals surface area contributed by atoms with Crippen molar-refractivity contribution < 1.29 is 14.2 Å². The lowest BCUT2D eigenvalue weighted by Gasteiger charge is -2.19. The summed E-state index contributed by atoms with van der Waals surface area (Å²) in [5.41, 5.74) is 0.804. The highest BCUT2D eigenvalue weighted by Gasteiger charge is 2.13. The number of halogens is 1. The summed E-state index contributed by atoms with van der Waals surface area (Å²) in [6, 6.07) is 4.22. The van der Waals surface area contributed by atoms with Crippen LogP contribution in [0.5, 0.6) is 5.75 Å². The van der Waals surface area contributed by atoms with Crippen LogP contribution in [-0.4, -0.2) is 11.7 Å². The van der Waals surface area contributed by atoms with Crippen LogP contribution in [0, 0.1) is 11.2 Å². The molecule has 0 radical (unpaired) electrons. The zero-order valence-electron chi connectivity index (χ0n) is 11.0. The molecule has 1 unspecified atom stereocenters. The van der Waals surface area contributed by atoms with Gasteiger partial charge in [-0.1, -0.05) is 20.8 Å². The van der Waals surface area contributed by atoms with Gasteiger partial charge in [-0.2, -0.15) is 0 Å². The smallest absolute Gasteiger partial charge is 0.127 e. The average molecular weight is 240 g/mol. The highest BCUT2D eigenvalue weighted by Crippen LogP contribution is 2.27. The van der Waals surface area contributed by atoms with Crippen LogP contribution < -0.4 is 4.74 Å². The standard InChI is InChI=1S/C14H21FO2/c1-10(16)12-6-5-11(15)9-13(12)17-8-7-14(2,3)4/h5-6,9-10,16H,7-8H2,1-4H3. The molecule has 3 heteroatoms. The van der Waals surface area contributed by atoms with Gasteiger partial charge < -0.3 is 9.84 Å². The summed E-state index contributed by atoms with van der Waals surface area (Å²) >= 11 is 0. The van der Waals surface area contributed by atoms with Gasteiger partial charge >= 0.3 is 0 Å². The molecule has 0 spiro atoms. The van der Waals surface area contributed by atoms with Gasteiger partial charge in [-0.25, -0.2) is 4.39 Å². The molecule has 0 amide bonds. The minimum Gasteiger partial charge on any atom is -0.493 e. The van der Waals surface area contributed by atoms with Crippen LogP contribution >= 0.6 is 0 Å². The van der Waals surface area contributed by atoms with Gasteiger partial charge in [0.1, 0.15) is 11.6 Å². The fourth-order valence-electron chi connectivity index (χ4n) is 1.45. The number of hydrogen-bond donors (Lipinski definition) is 1. The molecule has 0 aliphatic heterocycles. The molecule has 0 saturated carbocycles. The summed E-state index contributed by atoms with van der Waals surface area (Å²) in [5, 5.41) is 9.55. The number of rotatable bonds is 4. The Labute approximate surface area is 102 Å². The second kappa shape index (κ2) is 5.50. The molecule has 17 heavy (non-hydrogen) atoms. The Bertz CT molecular complexity index is 367. The summed E-state index contributed by atoms with van der Waals surface area (Å²) in [7, 11) is 0. The zero-order chi connectivity index (χ0) is 13.1. The first kappa shape index (κ1) is 14.0. The largest absolute Gasteiger partial charge is 0.493 e. The molecular formula is C14H21FO2. The van der Waals surface area contributed by atoms with Crippen LogP contribution in [-0.2, 0) is 0 Å². The summed E-state index contributed by atoms with van der Waals surface area (Å²) in [6.07, 6.45) is 0.225. The lowest BCUT2D eigenvalue weighted by molar-refractivity contribution is 0.186. The van der Waals surface area contributed by atoms with E-state index in [1.165, 1.54) is 12.1 Å². The van der Waals surface area contributed by atoms with Crippen molar-refractivity contribution in [1.29, 1.82) is 0 Å². The third-order valence-electron chi connectivity index (χ3n) is 2.54. The van der Waals surface area contributed by atoms with Crippen molar-refractivity contribution >= 4 is 0 Å². The van der Waals surface area contributed by atoms with Crippen LogP contribution in [0.15, 0.2) is 18.2 Å². The number of hydrogen-bond acceptors (Lipinski definition) is 2. The molecule has 1 rings (SSSR count). The van der Waals surface area contributed by atoms with Gasteiger partial charge in [0.15, 0.2) is 0 Å². The Morgan fingerprint density at radius 1 is 1.35 bits per heavy atom. The molecular weight excluding hydrogens is 219 g/mol. The maximum atomic E-state index is 13.1. The maximum Gasteiger partial charge on any atom is 0.127 e. The van der Waals surface area contributed by atoms with Crippen LogP contribution in [0.3, 0.4) is 0 Å². The molecule has 1 atom stereocenters. The predicted molar refractivity (Wildman–Crippen MR) is 66.6 cm³/mol. The summed E-state index contributed by atoms with van der Waals surface area (Å²) < 4.78 is 18.7. The van der Waals surface area contributed by atoms with Gasteiger partial charge in [-0.15, -0.1) is 0 Å². The normalized spacial score (nSPS) is 13.5. The second-order valence-corrected chi connectivity index (χ2v) is 5.52. The predicted octanol–water partition coefficient (Wildman–Crippen LogP) is 3.69. The van der Waals surface area contributed by atoms with Crippen molar-refractivity contribution in [3.8, 4) is 5.75 Å². The van der Waals surface area contributed by atoms with Gasteiger partial charge in [-0.05, 0) is 30.9 Å². The third kappa shape index (κ3) is 4.73. The molecule has 0 aromatic heterocycles. The first-order valence-corrected chi connectivity index (χ1v) is 5.90. The lowest BCUT2D eigenvalue weighted by atomic mass is 9.93. The van der Waals surface area contributed by atoms with Crippen molar-refractivity contribution in [3.05, 3.63) is 29.6 Å². The minimum atomic E-state index is -0.653. The molecule has 96 valence electrons. The number of benzene rings is 1. The maximum absolute atomic E-state index is 13.1. The van der Waals surface area contributed by atoms with E-state index in [0.29, 0.717) is 17.9 Å². The van der Waals surface area contributed by atoms with Crippen molar-refractivity contribution in [1.82, 2.24) is 0 Å². The van der Waals surface area contributed by atoms with E-state index in [1.807, 2.05) is 0 Å². The molecule has 0 aliphatic rings. The van der Waals surface area contributed by atoms with Gasteiger partial charge in [0.05, 0.1) is 12.7 Å². The van der Waals surface area contributed by atoms with Crippen LogP contribution in [0.25, 0.3) is 0 Å². The quantitative estimate of drug-likeness (QED) is 0.869. The summed E-state index contributed by atoms with van der Waals surface area (Å²) in [4.78, 5) is 0. The van der Waals surface area contributed by atoms with Gasteiger partial charge in [0.25, 0.3) is 0 Å². The van der Waals surface area contributed by atoms with E-state index in [9.17, 15) is 9.50 Å². The highest BCUT2D eigenvalue weighted by atomic mass is 19.1. The van der Waals surface area contributed by atoms with Crippen molar-refractivity contribution in [2.45, 2.75) is 40.2 Å². The molecule has 0 heterocycles. The van der Waals surface area contributed by atoms with Crippen molar-refractivity contribution in [3.63, 3.8) is 0 Å². The number of aliphatic hydroxyl groups is 1. The fraction of sp³-hybridized carbons (Fsp3) is 0.571. The fourth-order valence-corrected chi connectivity index (χ4v) is 1.45. The van der Waals surface area contributed by atoms with Crippen molar-refractivity contribution in [2.24, 2.45) is 5.41 Å². The van der Waals surface area contributed by atoms with E-state index in [-0.39, 0.29) is 11.2 Å². The lowest BCUT2D eigenvalue weighted by Crippen LogP contribution is -2.12. The van der Waals surface area contributed by atoms with Crippen LogP contribution in [0.1, 0.15) is 45.8 Å². The van der Waals surface area contributed by atoms with E-state index < -0.39 is 6.10 Å². The van der Waals surface area contributed by atoms with Gasteiger partial charge in [0, 0.05) is 11.6 Å². The monoisotopic (exact) mass is 240 g/mol. The van der Waals surface area contributed by atoms with Crippen LogP contribution in [0.2, 0.25) is 0 Å². The van der Waals surface area contributed by atoms with Crippen molar-refractivity contribution in [2.75, 3.05) is 6.61 Å². The minimum absolute atomic E-state index is 0.179. The average Bonchev–Trinajstić information content (AvgIpc) is 2.15. The molecule has 1 N–H and O–H groups in total. The Hall–Kier alpha value is -1.09. The van der Waals surface area contributed by atoms with E-state index in [2.05, 4.69) is 20.8 Å².